The van der Waals surface area contributed by atoms with E-state index in [9.17, 15) is 4.79 Å². The summed E-state index contributed by atoms with van der Waals surface area (Å²) < 4.78 is 4.75. The van der Waals surface area contributed by atoms with Gasteiger partial charge in [0.15, 0.2) is 0 Å². The first-order chi connectivity index (χ1) is 6.57. The summed E-state index contributed by atoms with van der Waals surface area (Å²) in [6, 6.07) is 0. The second-order valence-corrected chi connectivity index (χ2v) is 3.19. The molecule has 0 aliphatic rings. The van der Waals surface area contributed by atoms with Gasteiger partial charge in [0.2, 0.25) is 0 Å². The van der Waals surface area contributed by atoms with E-state index in [0.29, 0.717) is 0 Å². The van der Waals surface area contributed by atoms with Gasteiger partial charge in [0.1, 0.15) is 11.4 Å². The highest BCUT2D eigenvalue weighted by Crippen LogP contribution is 2.28. The lowest BCUT2D eigenvalue weighted by atomic mass is 10.2. The van der Waals surface area contributed by atoms with Gasteiger partial charge in [0.25, 0.3) is 0 Å². The van der Waals surface area contributed by atoms with E-state index < -0.39 is 5.97 Å². The van der Waals surface area contributed by atoms with Gasteiger partial charge in [-0.15, -0.1) is 0 Å². The fourth-order valence-electron chi connectivity index (χ4n) is 0.871. The summed E-state index contributed by atoms with van der Waals surface area (Å²) in [7, 11) is 0. The standard InChI is InChI=1S/C8H8Cl2N2O2/c1-2-14-8(13)5-4(9)3-12-7(11)6(5)10/h3H,2H2,1H3,(H2,11,12). The van der Waals surface area contributed by atoms with Crippen molar-refractivity contribution in [2.24, 2.45) is 0 Å². The molecule has 0 atom stereocenters. The highest BCUT2D eigenvalue weighted by molar-refractivity contribution is 6.40. The van der Waals surface area contributed by atoms with Gasteiger partial charge in [-0.25, -0.2) is 9.78 Å². The van der Waals surface area contributed by atoms with E-state index in [4.69, 9.17) is 33.7 Å². The van der Waals surface area contributed by atoms with Crippen molar-refractivity contribution < 1.29 is 9.53 Å². The number of rotatable bonds is 2. The summed E-state index contributed by atoms with van der Waals surface area (Å²) in [6.45, 7) is 1.93. The molecule has 0 unspecified atom stereocenters. The molecule has 0 spiro atoms. The SMILES string of the molecule is CCOC(=O)c1c(Cl)cnc(N)c1Cl. The predicted octanol–water partition coefficient (Wildman–Crippen LogP) is 2.15. The van der Waals surface area contributed by atoms with E-state index in [-0.39, 0.29) is 28.0 Å². The number of anilines is 1. The number of pyridine rings is 1. The number of esters is 1. The predicted molar refractivity (Wildman–Crippen MR) is 54.6 cm³/mol. The first-order valence-electron chi connectivity index (χ1n) is 3.84. The van der Waals surface area contributed by atoms with Crippen LogP contribution < -0.4 is 5.73 Å². The molecule has 0 aromatic carbocycles. The molecule has 2 N–H and O–H groups in total. The minimum Gasteiger partial charge on any atom is -0.462 e. The number of halogens is 2. The number of hydrogen-bond donors (Lipinski definition) is 1. The monoisotopic (exact) mass is 234 g/mol. The molecule has 0 amide bonds. The Kier molecular flexibility index (Phi) is 3.55. The van der Waals surface area contributed by atoms with Crippen LogP contribution in [-0.4, -0.2) is 17.6 Å². The molecule has 1 heterocycles. The maximum absolute atomic E-state index is 11.4. The van der Waals surface area contributed by atoms with Gasteiger partial charge in [-0.3, -0.25) is 0 Å². The fraction of sp³-hybridized carbons (Fsp3) is 0.250. The van der Waals surface area contributed by atoms with Crippen molar-refractivity contribution in [2.75, 3.05) is 12.3 Å². The van der Waals surface area contributed by atoms with Crippen molar-refractivity contribution in [1.29, 1.82) is 0 Å². The Bertz CT molecular complexity index is 369. The van der Waals surface area contributed by atoms with E-state index in [1.165, 1.54) is 6.20 Å². The van der Waals surface area contributed by atoms with Crippen LogP contribution in [0.2, 0.25) is 10.0 Å². The van der Waals surface area contributed by atoms with Crippen LogP contribution in [0.3, 0.4) is 0 Å². The number of ether oxygens (including phenoxy) is 1. The number of aromatic nitrogens is 1. The van der Waals surface area contributed by atoms with E-state index in [1.54, 1.807) is 6.92 Å². The summed E-state index contributed by atoms with van der Waals surface area (Å²) >= 11 is 11.5. The molecular weight excluding hydrogens is 227 g/mol. The third kappa shape index (κ3) is 2.08. The Hall–Kier alpha value is -1.00. The van der Waals surface area contributed by atoms with E-state index >= 15 is 0 Å². The minimum atomic E-state index is -0.600. The number of carbonyl (C=O) groups is 1. The largest absolute Gasteiger partial charge is 0.462 e. The third-order valence-electron chi connectivity index (χ3n) is 1.48. The van der Waals surface area contributed by atoms with Gasteiger partial charge in [-0.2, -0.15) is 0 Å². The molecule has 0 aliphatic heterocycles. The van der Waals surface area contributed by atoms with Crippen molar-refractivity contribution in [1.82, 2.24) is 4.98 Å². The molecule has 0 bridgehead atoms. The van der Waals surface area contributed by atoms with Gasteiger partial charge in [-0.1, -0.05) is 23.2 Å². The smallest absolute Gasteiger partial charge is 0.341 e. The van der Waals surface area contributed by atoms with Crippen LogP contribution in [0.1, 0.15) is 17.3 Å². The lowest BCUT2D eigenvalue weighted by Crippen LogP contribution is -2.08. The Balaban J connectivity index is 3.18. The lowest BCUT2D eigenvalue weighted by Gasteiger charge is -2.06. The molecule has 0 radical (unpaired) electrons. The zero-order chi connectivity index (χ0) is 10.7. The van der Waals surface area contributed by atoms with Crippen LogP contribution in [0.4, 0.5) is 5.82 Å². The van der Waals surface area contributed by atoms with Crippen LogP contribution in [0.25, 0.3) is 0 Å². The molecular formula is C8H8Cl2N2O2. The van der Waals surface area contributed by atoms with Gasteiger partial charge in [-0.05, 0) is 6.92 Å². The zero-order valence-electron chi connectivity index (χ0n) is 7.38. The summed E-state index contributed by atoms with van der Waals surface area (Å²) in [5, 5.41) is 0.151. The summed E-state index contributed by atoms with van der Waals surface area (Å²) in [5.41, 5.74) is 5.47. The van der Waals surface area contributed by atoms with Crippen LogP contribution in [0.15, 0.2) is 6.20 Å². The normalized spacial score (nSPS) is 9.93. The summed E-state index contributed by atoms with van der Waals surface area (Å²) in [6.07, 6.45) is 1.26. The molecule has 14 heavy (non-hydrogen) atoms. The molecule has 1 aromatic rings. The van der Waals surface area contributed by atoms with Crippen LogP contribution in [0.5, 0.6) is 0 Å². The molecule has 0 aliphatic carbocycles. The molecule has 0 saturated carbocycles. The van der Waals surface area contributed by atoms with Crippen LogP contribution >= 0.6 is 23.2 Å². The topological polar surface area (TPSA) is 65.2 Å². The van der Waals surface area contributed by atoms with Crippen molar-refractivity contribution in [2.45, 2.75) is 6.92 Å². The molecule has 4 nitrogen and oxygen atoms in total. The Morgan fingerprint density at radius 3 is 2.86 bits per heavy atom. The molecule has 0 saturated heterocycles. The Morgan fingerprint density at radius 1 is 1.64 bits per heavy atom. The van der Waals surface area contributed by atoms with Gasteiger partial charge in [0.05, 0.1) is 16.7 Å². The number of hydrogen-bond acceptors (Lipinski definition) is 4. The number of nitrogens with two attached hydrogens (primary N) is 1. The van der Waals surface area contributed by atoms with E-state index in [1.807, 2.05) is 0 Å². The second-order valence-electron chi connectivity index (χ2n) is 2.40. The number of nitrogen functional groups attached to an aromatic ring is 1. The third-order valence-corrected chi connectivity index (χ3v) is 2.15. The van der Waals surface area contributed by atoms with Gasteiger partial charge in [0, 0.05) is 6.20 Å². The molecule has 1 rings (SSSR count). The average Bonchev–Trinajstić information content (AvgIpc) is 2.13. The Morgan fingerprint density at radius 2 is 2.29 bits per heavy atom. The molecule has 6 heteroatoms. The van der Waals surface area contributed by atoms with E-state index in [0.717, 1.165) is 0 Å². The molecule has 0 fully saturated rings. The van der Waals surface area contributed by atoms with Crippen molar-refractivity contribution in [3.63, 3.8) is 0 Å². The highest BCUT2D eigenvalue weighted by Gasteiger charge is 2.18. The maximum atomic E-state index is 11.4. The first-order valence-corrected chi connectivity index (χ1v) is 4.60. The van der Waals surface area contributed by atoms with E-state index in [2.05, 4.69) is 4.98 Å². The van der Waals surface area contributed by atoms with Crippen molar-refractivity contribution >= 4 is 35.0 Å². The van der Waals surface area contributed by atoms with Crippen LogP contribution in [-0.2, 0) is 4.74 Å². The Labute approximate surface area is 91.0 Å². The van der Waals surface area contributed by atoms with Crippen LogP contribution in [0, 0.1) is 0 Å². The van der Waals surface area contributed by atoms with Gasteiger partial charge >= 0.3 is 5.97 Å². The summed E-state index contributed by atoms with van der Waals surface area (Å²) in [5.74, 6) is -0.546. The number of nitrogens with zero attached hydrogens (tertiary/aromatic N) is 1. The second kappa shape index (κ2) is 4.48. The average molecular weight is 235 g/mol. The van der Waals surface area contributed by atoms with Crippen molar-refractivity contribution in [3.8, 4) is 0 Å². The molecule has 76 valence electrons. The van der Waals surface area contributed by atoms with Crippen molar-refractivity contribution in [3.05, 3.63) is 21.8 Å². The lowest BCUT2D eigenvalue weighted by molar-refractivity contribution is 0.0526. The summed E-state index contributed by atoms with van der Waals surface area (Å²) in [4.78, 5) is 15.1. The zero-order valence-corrected chi connectivity index (χ0v) is 8.89. The number of carbonyl (C=O) groups excluding carboxylic acids is 1. The molecule has 1 aromatic heterocycles. The van der Waals surface area contributed by atoms with Gasteiger partial charge < -0.3 is 10.5 Å². The minimum absolute atomic E-state index is 0.0240. The fourth-order valence-corrected chi connectivity index (χ4v) is 1.37. The maximum Gasteiger partial charge on any atom is 0.341 e. The first kappa shape index (κ1) is 11.1. The highest BCUT2D eigenvalue weighted by atomic mass is 35.5. The quantitative estimate of drug-likeness (QED) is 0.797.